The van der Waals surface area contributed by atoms with E-state index in [0.29, 0.717) is 11.4 Å². The molecule has 2 aromatic rings. The second-order valence-corrected chi connectivity index (χ2v) is 7.71. The number of aryl methyl sites for hydroxylation is 1. The van der Waals surface area contributed by atoms with Crippen LogP contribution >= 0.6 is 0 Å². The van der Waals surface area contributed by atoms with Crippen LogP contribution in [-0.2, 0) is 10.2 Å². The Bertz CT molecular complexity index is 909. The first kappa shape index (κ1) is 17.5. The minimum atomic E-state index is -3.89. The van der Waals surface area contributed by atoms with Gasteiger partial charge in [-0.15, -0.1) is 0 Å². The van der Waals surface area contributed by atoms with Crippen molar-refractivity contribution in [3.8, 4) is 0 Å². The van der Waals surface area contributed by atoms with Gasteiger partial charge in [-0.3, -0.25) is 0 Å². The fraction of sp³-hybridized carbons (Fsp3) is 0.263. The van der Waals surface area contributed by atoms with Crippen LogP contribution in [0.5, 0.6) is 0 Å². The van der Waals surface area contributed by atoms with Gasteiger partial charge in [0.05, 0.1) is 23.6 Å². The zero-order valence-electron chi connectivity index (χ0n) is 14.3. The number of unbranched alkanes of at least 4 members (excludes halogenated alkanes) is 1. The zero-order valence-corrected chi connectivity index (χ0v) is 15.1. The summed E-state index contributed by atoms with van der Waals surface area (Å²) in [5.41, 5.74) is 1.81. The fourth-order valence-electron chi connectivity index (χ4n) is 2.87. The summed E-state index contributed by atoms with van der Waals surface area (Å²) in [4.78, 5) is 0. The van der Waals surface area contributed by atoms with Gasteiger partial charge < -0.3 is 0 Å². The average Bonchev–Trinajstić information content (AvgIpc) is 2.79. The Morgan fingerprint density at radius 3 is 2.44 bits per heavy atom. The van der Waals surface area contributed by atoms with Gasteiger partial charge in [-0.25, -0.2) is 13.0 Å². The van der Waals surface area contributed by atoms with E-state index in [1.807, 2.05) is 12.2 Å². The third kappa shape index (κ3) is 3.14. The van der Waals surface area contributed by atoms with Gasteiger partial charge in [0, 0.05) is 0 Å². The summed E-state index contributed by atoms with van der Waals surface area (Å²) in [5, 5.41) is 0. The van der Waals surface area contributed by atoms with Crippen LogP contribution in [0.2, 0.25) is 0 Å². The van der Waals surface area contributed by atoms with Crippen LogP contribution in [0.3, 0.4) is 0 Å². The third-order valence-corrected chi connectivity index (χ3v) is 5.85. The Morgan fingerprint density at radius 1 is 1.04 bits per heavy atom. The lowest BCUT2D eigenvalue weighted by atomic mass is 10.2. The molecule has 0 N–H and O–H groups in total. The fourth-order valence-corrected chi connectivity index (χ4v) is 4.55. The number of rotatable bonds is 5. The molecular weight excluding hydrogens is 339 g/mol. The van der Waals surface area contributed by atoms with E-state index in [2.05, 4.69) is 6.92 Å². The van der Waals surface area contributed by atoms with Gasteiger partial charge in [-0.2, -0.15) is 8.42 Å². The molecule has 0 radical (unpaired) electrons. The van der Waals surface area contributed by atoms with Gasteiger partial charge in [0.2, 0.25) is 0 Å². The topological polar surface area (TPSA) is 40.6 Å². The molecular formula is C19H21FN2O2S. The van der Waals surface area contributed by atoms with Crippen LogP contribution in [0.1, 0.15) is 25.3 Å². The summed E-state index contributed by atoms with van der Waals surface area (Å²) in [7, 11) is -3.89. The van der Waals surface area contributed by atoms with E-state index < -0.39 is 16.0 Å². The third-order valence-electron chi connectivity index (χ3n) is 4.09. The van der Waals surface area contributed by atoms with E-state index in [0.717, 1.165) is 22.7 Å². The first-order valence-electron chi connectivity index (χ1n) is 8.30. The van der Waals surface area contributed by atoms with E-state index in [4.69, 9.17) is 0 Å². The van der Waals surface area contributed by atoms with E-state index >= 15 is 0 Å². The molecule has 25 heavy (non-hydrogen) atoms. The summed E-state index contributed by atoms with van der Waals surface area (Å²) in [5.74, 6) is -0.554. The largest absolute Gasteiger partial charge is 0.331 e. The molecule has 0 unspecified atom stereocenters. The molecule has 2 aromatic carbocycles. The van der Waals surface area contributed by atoms with E-state index in [-0.39, 0.29) is 12.2 Å². The van der Waals surface area contributed by atoms with Gasteiger partial charge in [-0.05, 0) is 43.2 Å². The molecule has 6 heteroatoms. The van der Waals surface area contributed by atoms with Crippen LogP contribution in [0.4, 0.5) is 21.5 Å². The highest BCUT2D eigenvalue weighted by Gasteiger charge is 2.41. The molecule has 0 spiro atoms. The Morgan fingerprint density at radius 2 is 1.76 bits per heavy atom. The number of allylic oxidation sites excluding steroid dienone is 1. The number of para-hydroxylation sites is 2. The van der Waals surface area contributed by atoms with Crippen molar-refractivity contribution in [3.63, 3.8) is 0 Å². The molecule has 1 aliphatic heterocycles. The van der Waals surface area contributed by atoms with Crippen LogP contribution in [0.15, 0.2) is 54.6 Å². The van der Waals surface area contributed by atoms with Gasteiger partial charge in [0.25, 0.3) is 0 Å². The minimum Gasteiger partial charge on any atom is -0.247 e. The summed E-state index contributed by atoms with van der Waals surface area (Å²) < 4.78 is 43.1. The highest BCUT2D eigenvalue weighted by atomic mass is 32.2. The lowest BCUT2D eigenvalue weighted by molar-refractivity contribution is 0.592. The normalized spacial score (nSPS) is 15.8. The second-order valence-electron chi connectivity index (χ2n) is 6.01. The van der Waals surface area contributed by atoms with Crippen LogP contribution in [0, 0.1) is 12.7 Å². The van der Waals surface area contributed by atoms with Gasteiger partial charge in [0.1, 0.15) is 5.82 Å². The SMILES string of the molecule is CCC/C=C/CN1c2ccccc2N(c2ccc(C)cc2F)S1(=O)=O. The maximum absolute atomic E-state index is 14.5. The van der Waals surface area contributed by atoms with Crippen molar-refractivity contribution in [2.45, 2.75) is 26.7 Å². The molecule has 4 nitrogen and oxygen atoms in total. The van der Waals surface area contributed by atoms with E-state index in [1.54, 1.807) is 37.3 Å². The number of nitrogens with zero attached hydrogens (tertiary/aromatic N) is 2. The number of hydrogen-bond donors (Lipinski definition) is 0. The molecule has 0 saturated carbocycles. The van der Waals surface area contributed by atoms with Crippen LogP contribution in [-0.4, -0.2) is 15.0 Å². The van der Waals surface area contributed by atoms with Crippen molar-refractivity contribution in [2.75, 3.05) is 15.2 Å². The zero-order chi connectivity index (χ0) is 18.0. The highest BCUT2D eigenvalue weighted by Crippen LogP contribution is 2.45. The van der Waals surface area contributed by atoms with Gasteiger partial charge in [-0.1, -0.05) is 43.7 Å². The molecule has 0 atom stereocenters. The number of hydrogen-bond acceptors (Lipinski definition) is 2. The molecule has 0 aromatic heterocycles. The number of halogens is 1. The molecule has 1 heterocycles. The van der Waals surface area contributed by atoms with Crippen LogP contribution in [0.25, 0.3) is 0 Å². The van der Waals surface area contributed by atoms with Crippen molar-refractivity contribution in [2.24, 2.45) is 0 Å². The quantitative estimate of drug-likeness (QED) is 0.726. The van der Waals surface area contributed by atoms with E-state index in [1.165, 1.54) is 16.4 Å². The smallest absolute Gasteiger partial charge is 0.247 e. The summed E-state index contributed by atoms with van der Waals surface area (Å²) in [6, 6.07) is 11.5. The highest BCUT2D eigenvalue weighted by molar-refractivity contribution is 7.95. The molecule has 0 bridgehead atoms. The number of anilines is 3. The minimum absolute atomic E-state index is 0.0399. The van der Waals surface area contributed by atoms with Gasteiger partial charge in [0.15, 0.2) is 0 Å². The molecule has 132 valence electrons. The lowest BCUT2D eigenvalue weighted by Gasteiger charge is -2.21. The van der Waals surface area contributed by atoms with Gasteiger partial charge >= 0.3 is 10.2 Å². The molecule has 0 fully saturated rings. The monoisotopic (exact) mass is 360 g/mol. The van der Waals surface area contributed by atoms with Crippen molar-refractivity contribution in [3.05, 3.63) is 66.0 Å². The number of fused-ring (bicyclic) bond motifs is 1. The molecule has 0 saturated heterocycles. The van der Waals surface area contributed by atoms with Crippen molar-refractivity contribution in [1.29, 1.82) is 0 Å². The Kier molecular flexibility index (Phi) is 4.81. The Hall–Kier alpha value is -2.34. The first-order chi connectivity index (χ1) is 12.0. The molecule has 3 rings (SSSR count). The maximum Gasteiger partial charge on any atom is 0.331 e. The predicted octanol–water partition coefficient (Wildman–Crippen LogP) is 4.69. The van der Waals surface area contributed by atoms with E-state index in [9.17, 15) is 12.8 Å². The van der Waals surface area contributed by atoms with Crippen molar-refractivity contribution >= 4 is 27.3 Å². The van der Waals surface area contributed by atoms with Crippen LogP contribution < -0.4 is 8.61 Å². The Labute approximate surface area is 148 Å². The lowest BCUT2D eigenvalue weighted by Crippen LogP contribution is -2.35. The molecule has 0 amide bonds. The molecule has 1 aliphatic rings. The van der Waals surface area contributed by atoms with Crippen molar-refractivity contribution < 1.29 is 12.8 Å². The predicted molar refractivity (Wildman–Crippen MR) is 100 cm³/mol. The number of benzene rings is 2. The standard InChI is InChI=1S/C19H21FN2O2S/c1-3-4-5-8-13-21-18-9-6-7-10-19(18)22(25(21,23)24)17-12-11-15(2)14-16(17)20/h5-12,14H,3-4,13H2,1-2H3/b8-5+. The second kappa shape index (κ2) is 6.88. The summed E-state index contributed by atoms with van der Waals surface area (Å²) >= 11 is 0. The molecule has 0 aliphatic carbocycles. The van der Waals surface area contributed by atoms with Crippen molar-refractivity contribution in [1.82, 2.24) is 0 Å². The maximum atomic E-state index is 14.5. The first-order valence-corrected chi connectivity index (χ1v) is 9.69. The Balaban J connectivity index is 2.08. The summed E-state index contributed by atoms with van der Waals surface area (Å²) in [6.45, 7) is 4.06. The summed E-state index contributed by atoms with van der Waals surface area (Å²) in [6.07, 6.45) is 5.70. The average molecular weight is 360 g/mol.